The van der Waals surface area contributed by atoms with Gasteiger partial charge in [0.2, 0.25) is 0 Å². The van der Waals surface area contributed by atoms with Gasteiger partial charge in [0.1, 0.15) is 5.82 Å². The molecule has 3 nitrogen and oxygen atoms in total. The maximum absolute atomic E-state index is 4.86. The number of imidazole rings is 1. The predicted molar refractivity (Wildman–Crippen MR) is 168 cm³/mol. The third-order valence-corrected chi connectivity index (χ3v) is 8.01. The summed E-state index contributed by atoms with van der Waals surface area (Å²) in [7, 11) is 0. The summed E-state index contributed by atoms with van der Waals surface area (Å²) in [6, 6.07) is 39.4. The predicted octanol–water partition coefficient (Wildman–Crippen LogP) is 9.54. The lowest BCUT2D eigenvalue weighted by Gasteiger charge is -2.15. The van der Waals surface area contributed by atoms with Gasteiger partial charge in [-0.2, -0.15) is 0 Å². The van der Waals surface area contributed by atoms with Crippen LogP contribution in [0.2, 0.25) is 0 Å². The fraction of sp³-hybridized carbons (Fsp3) is 0.108. The van der Waals surface area contributed by atoms with Crippen LogP contribution in [0.25, 0.3) is 55.7 Å². The van der Waals surface area contributed by atoms with Crippen molar-refractivity contribution >= 4 is 21.8 Å². The van der Waals surface area contributed by atoms with Crippen molar-refractivity contribution in [2.45, 2.75) is 27.7 Å². The summed E-state index contributed by atoms with van der Waals surface area (Å²) in [6.07, 6.45) is 1.96. The normalized spacial score (nSPS) is 11.5. The Hall–Kier alpha value is -4.89. The number of aromatic nitrogens is 3. The molecule has 0 atom stereocenters. The summed E-state index contributed by atoms with van der Waals surface area (Å²) in [6.45, 7) is 8.69. The first-order chi connectivity index (χ1) is 19.5. The highest BCUT2D eigenvalue weighted by Gasteiger charge is 2.17. The van der Waals surface area contributed by atoms with E-state index in [9.17, 15) is 0 Å². The van der Waals surface area contributed by atoms with Gasteiger partial charge < -0.3 is 4.57 Å². The van der Waals surface area contributed by atoms with E-state index in [4.69, 9.17) is 4.98 Å². The molecular weight excluding hydrogens is 486 g/mol. The number of hydrogen-bond acceptors (Lipinski definition) is 1. The molecule has 0 fully saturated rings. The van der Waals surface area contributed by atoms with Gasteiger partial charge >= 0.3 is 0 Å². The molecule has 194 valence electrons. The number of fused-ring (bicyclic) bond motifs is 3. The Labute approximate surface area is 235 Å². The van der Waals surface area contributed by atoms with Crippen molar-refractivity contribution in [2.75, 3.05) is 0 Å². The first kappa shape index (κ1) is 24.2. The first-order valence-electron chi connectivity index (χ1n) is 13.8. The van der Waals surface area contributed by atoms with Crippen molar-refractivity contribution in [1.29, 1.82) is 0 Å². The second-order valence-electron chi connectivity index (χ2n) is 10.8. The zero-order valence-corrected chi connectivity index (χ0v) is 23.3. The highest BCUT2D eigenvalue weighted by Crippen LogP contribution is 2.36. The fourth-order valence-electron chi connectivity index (χ4n) is 6.05. The molecule has 0 radical (unpaired) electrons. The number of aryl methyl sites for hydroxylation is 4. The SMILES string of the molecule is Cc1ccc2c(c1)c1cccc(C)c1n2-c1ccc(-c2ncc(C)n2-c2ccc(-c3ccccc3)cc2)cc1C. The summed E-state index contributed by atoms with van der Waals surface area (Å²) in [5, 5.41) is 2.60. The van der Waals surface area contributed by atoms with Crippen LogP contribution in [-0.2, 0) is 0 Å². The molecule has 0 bridgehead atoms. The van der Waals surface area contributed by atoms with Crippen LogP contribution in [0.1, 0.15) is 22.4 Å². The Morgan fingerprint density at radius 1 is 0.550 bits per heavy atom. The molecule has 0 amide bonds. The zero-order chi connectivity index (χ0) is 27.4. The Morgan fingerprint density at radius 2 is 1.30 bits per heavy atom. The van der Waals surface area contributed by atoms with Gasteiger partial charge in [-0.05, 0) is 92.4 Å². The van der Waals surface area contributed by atoms with E-state index in [1.165, 1.54) is 55.3 Å². The van der Waals surface area contributed by atoms with Gasteiger partial charge in [-0.15, -0.1) is 0 Å². The van der Waals surface area contributed by atoms with Gasteiger partial charge in [0.25, 0.3) is 0 Å². The number of para-hydroxylation sites is 1. The second kappa shape index (κ2) is 9.39. The molecule has 0 saturated heterocycles. The Morgan fingerprint density at radius 3 is 2.08 bits per heavy atom. The summed E-state index contributed by atoms with van der Waals surface area (Å²) < 4.78 is 4.68. The molecule has 2 heterocycles. The Bertz CT molecular complexity index is 2020. The number of nitrogens with zero attached hydrogens (tertiary/aromatic N) is 3. The molecular formula is C37H31N3. The van der Waals surface area contributed by atoms with Crippen LogP contribution in [0.4, 0.5) is 0 Å². The minimum atomic E-state index is 0.952. The third-order valence-electron chi connectivity index (χ3n) is 8.01. The molecule has 7 aromatic rings. The summed E-state index contributed by atoms with van der Waals surface area (Å²) in [4.78, 5) is 4.86. The maximum atomic E-state index is 4.86. The van der Waals surface area contributed by atoms with Crippen molar-refractivity contribution in [3.05, 3.63) is 138 Å². The average Bonchev–Trinajstić information content (AvgIpc) is 3.52. The molecule has 0 spiro atoms. The minimum Gasteiger partial charge on any atom is -0.309 e. The van der Waals surface area contributed by atoms with E-state index < -0.39 is 0 Å². The van der Waals surface area contributed by atoms with Crippen molar-refractivity contribution in [1.82, 2.24) is 14.1 Å². The van der Waals surface area contributed by atoms with Crippen LogP contribution in [0.5, 0.6) is 0 Å². The van der Waals surface area contributed by atoms with Gasteiger partial charge in [-0.1, -0.05) is 72.3 Å². The molecule has 5 aromatic carbocycles. The molecule has 2 aromatic heterocycles. The van der Waals surface area contributed by atoms with E-state index >= 15 is 0 Å². The van der Waals surface area contributed by atoms with E-state index in [0.29, 0.717) is 0 Å². The second-order valence-corrected chi connectivity index (χ2v) is 10.8. The summed E-state index contributed by atoms with van der Waals surface area (Å²) in [5.74, 6) is 0.952. The third kappa shape index (κ3) is 3.85. The molecule has 0 N–H and O–H groups in total. The molecule has 7 rings (SSSR count). The lowest BCUT2D eigenvalue weighted by atomic mass is 10.1. The first-order valence-corrected chi connectivity index (χ1v) is 13.8. The monoisotopic (exact) mass is 517 g/mol. The van der Waals surface area contributed by atoms with Crippen molar-refractivity contribution in [3.63, 3.8) is 0 Å². The van der Waals surface area contributed by atoms with Crippen molar-refractivity contribution in [2.24, 2.45) is 0 Å². The van der Waals surface area contributed by atoms with Gasteiger partial charge in [-0.25, -0.2) is 4.98 Å². The molecule has 40 heavy (non-hydrogen) atoms. The van der Waals surface area contributed by atoms with E-state index in [1.807, 2.05) is 6.20 Å². The smallest absolute Gasteiger partial charge is 0.144 e. The molecule has 0 aliphatic rings. The molecule has 0 saturated carbocycles. The van der Waals surface area contributed by atoms with Crippen LogP contribution in [0.3, 0.4) is 0 Å². The standard InChI is InChI=1S/C37H31N3/c1-24-13-19-35-33(21-24)32-12-8-9-25(2)36(32)40(35)34-20-16-30(22-26(34)3)37-38-23-27(4)39(37)31-17-14-29(15-18-31)28-10-6-5-7-11-28/h5-23H,1-4H3. The number of hydrogen-bond donors (Lipinski definition) is 0. The van der Waals surface area contributed by atoms with Crippen LogP contribution >= 0.6 is 0 Å². The Kier molecular flexibility index (Phi) is 5.67. The highest BCUT2D eigenvalue weighted by molar-refractivity contribution is 6.10. The van der Waals surface area contributed by atoms with Crippen LogP contribution in [-0.4, -0.2) is 14.1 Å². The van der Waals surface area contributed by atoms with E-state index in [2.05, 4.69) is 146 Å². The highest BCUT2D eigenvalue weighted by atomic mass is 15.1. The minimum absolute atomic E-state index is 0.952. The summed E-state index contributed by atoms with van der Waals surface area (Å²) >= 11 is 0. The topological polar surface area (TPSA) is 22.8 Å². The van der Waals surface area contributed by atoms with E-state index in [0.717, 1.165) is 22.8 Å². The fourth-order valence-corrected chi connectivity index (χ4v) is 6.05. The number of rotatable bonds is 4. The largest absolute Gasteiger partial charge is 0.309 e. The lowest BCUT2D eigenvalue weighted by molar-refractivity contribution is 1.01. The van der Waals surface area contributed by atoms with E-state index in [1.54, 1.807) is 0 Å². The van der Waals surface area contributed by atoms with Gasteiger partial charge in [0.05, 0.1) is 11.0 Å². The number of benzene rings is 5. The van der Waals surface area contributed by atoms with Crippen LogP contribution in [0.15, 0.2) is 115 Å². The van der Waals surface area contributed by atoms with E-state index in [-0.39, 0.29) is 0 Å². The van der Waals surface area contributed by atoms with Crippen LogP contribution in [0, 0.1) is 27.7 Å². The maximum Gasteiger partial charge on any atom is 0.144 e. The lowest BCUT2D eigenvalue weighted by Crippen LogP contribution is -2.02. The van der Waals surface area contributed by atoms with Gasteiger partial charge in [-0.3, -0.25) is 4.57 Å². The molecule has 0 aliphatic carbocycles. The molecule has 3 heteroatoms. The van der Waals surface area contributed by atoms with Crippen LogP contribution < -0.4 is 0 Å². The van der Waals surface area contributed by atoms with Crippen molar-refractivity contribution < 1.29 is 0 Å². The Balaban J connectivity index is 1.34. The average molecular weight is 518 g/mol. The summed E-state index contributed by atoms with van der Waals surface area (Å²) in [5.41, 5.74) is 13.2. The van der Waals surface area contributed by atoms with Gasteiger partial charge in [0.15, 0.2) is 0 Å². The van der Waals surface area contributed by atoms with Gasteiger partial charge in [0, 0.05) is 39.6 Å². The zero-order valence-electron chi connectivity index (χ0n) is 23.3. The molecule has 0 aliphatic heterocycles. The molecule has 0 unspecified atom stereocenters. The quantitative estimate of drug-likeness (QED) is 0.228. The van der Waals surface area contributed by atoms with Crippen molar-refractivity contribution in [3.8, 4) is 33.9 Å².